The number of H-pyrrole nitrogens is 1. The minimum absolute atomic E-state index is 0.0999. The maximum atomic E-state index is 11.5. The van der Waals surface area contributed by atoms with Crippen LogP contribution < -0.4 is 10.3 Å². The van der Waals surface area contributed by atoms with Gasteiger partial charge in [0.15, 0.2) is 3.92 Å². The van der Waals surface area contributed by atoms with Gasteiger partial charge in [-0.1, -0.05) is 84.9 Å². The van der Waals surface area contributed by atoms with Crippen molar-refractivity contribution < 1.29 is 16.8 Å². The van der Waals surface area contributed by atoms with Crippen LogP contribution in [-0.4, -0.2) is 46.8 Å². The number of nitrogens with one attached hydrogen (secondary N) is 1. The Kier molecular flexibility index (Phi) is 14.2. The summed E-state index contributed by atoms with van der Waals surface area (Å²) in [6, 6.07) is 33.0. The van der Waals surface area contributed by atoms with Crippen LogP contribution in [0.4, 0.5) is 0 Å². The van der Waals surface area contributed by atoms with Crippen LogP contribution >= 0.6 is 70.5 Å². The number of primary sulfonamides is 2. The molecule has 0 aliphatic heterocycles. The van der Waals surface area contributed by atoms with Crippen molar-refractivity contribution in [1.29, 1.82) is 0 Å². The number of nitrogens with zero attached hydrogens (tertiary/aromatic N) is 5. The summed E-state index contributed by atoms with van der Waals surface area (Å²) in [7, 11) is -7.35. The molecule has 0 fully saturated rings. The Balaban J connectivity index is 0.000000168. The second kappa shape index (κ2) is 19.0. The molecule has 0 radical (unpaired) electrons. The predicted molar refractivity (Wildman–Crippen MR) is 235 cm³/mol. The highest BCUT2D eigenvalue weighted by molar-refractivity contribution is 9.11. The molecular formula is C38H31Br3N8O4S4. The Morgan fingerprint density at radius 2 is 1.14 bits per heavy atom. The fourth-order valence-corrected chi connectivity index (χ4v) is 9.28. The second-order valence-corrected chi connectivity index (χ2v) is 19.8. The average Bonchev–Trinajstić information content (AvgIpc) is 4.01. The first-order valence-electron chi connectivity index (χ1n) is 16.6. The number of hydrogen-bond acceptors (Lipinski definition) is 10. The number of aromatic nitrogens is 6. The van der Waals surface area contributed by atoms with Gasteiger partial charge in [0.05, 0.1) is 27.4 Å². The first-order valence-corrected chi connectivity index (χ1v) is 23.8. The predicted octanol–water partition coefficient (Wildman–Crippen LogP) is 8.98. The molecule has 19 heteroatoms. The van der Waals surface area contributed by atoms with E-state index in [0.717, 1.165) is 63.0 Å². The van der Waals surface area contributed by atoms with Gasteiger partial charge in [0.25, 0.3) is 0 Å². The molecule has 0 aliphatic carbocycles. The molecule has 0 amide bonds. The zero-order valence-electron chi connectivity index (χ0n) is 29.4. The SMILES string of the molecule is Brc1csc(Br)n1.NS(=O)(=O)c1ccc(Cc2cn(-c3nc(Br)cs3)nc2-c2ccccc2)cc1.NS(=O)(=O)c1ccc(Cc2cn[nH]c2-c2ccccc2)cc1. The van der Waals surface area contributed by atoms with E-state index in [0.29, 0.717) is 12.8 Å². The van der Waals surface area contributed by atoms with Gasteiger partial charge in [0.1, 0.15) is 9.21 Å². The molecule has 8 rings (SSSR count). The molecule has 8 aromatic rings. The number of benzene rings is 4. The van der Waals surface area contributed by atoms with Gasteiger partial charge in [-0.25, -0.2) is 41.8 Å². The van der Waals surface area contributed by atoms with Gasteiger partial charge in [0.2, 0.25) is 25.2 Å². The second-order valence-electron chi connectivity index (χ2n) is 12.1. The number of halogens is 3. The Labute approximate surface area is 362 Å². The molecule has 12 nitrogen and oxygen atoms in total. The van der Waals surface area contributed by atoms with Crippen LogP contribution in [-0.2, 0) is 32.9 Å². The van der Waals surface area contributed by atoms with Crippen molar-refractivity contribution in [3.05, 3.63) is 168 Å². The van der Waals surface area contributed by atoms with Crippen LogP contribution in [0.2, 0.25) is 0 Å². The van der Waals surface area contributed by atoms with Gasteiger partial charge in [-0.15, -0.1) is 22.7 Å². The van der Waals surface area contributed by atoms with Crippen LogP contribution in [0.25, 0.3) is 27.6 Å². The normalized spacial score (nSPS) is 11.3. The standard InChI is InChI=1S/C19H15BrN4O2S2.C16H15N3O2S.C3HBr2NS/c20-17-12-27-19(22-17)24-11-15(18(23-24)14-4-2-1-3-5-14)10-13-6-8-16(9-7-13)28(21,25)26;17-22(20,21)15-8-6-12(7-9-15)10-14-11-18-19-16(14)13-4-2-1-3-5-13;4-2-1-7-3(5)6-2/h1-9,11-12H,10H2,(H2,21,25,26);1-9,11H,10H2,(H,18,19)(H2,17,20,21);1H. The molecule has 4 aromatic heterocycles. The average molecular weight is 1030 g/mol. The number of sulfonamides is 2. The summed E-state index contributed by atoms with van der Waals surface area (Å²) in [6.45, 7) is 0. The first kappa shape index (κ1) is 42.4. The quantitative estimate of drug-likeness (QED) is 0.128. The van der Waals surface area contributed by atoms with Gasteiger partial charge < -0.3 is 0 Å². The summed E-state index contributed by atoms with van der Waals surface area (Å²) in [5.41, 5.74) is 7.92. The number of hydrogen-bond donors (Lipinski definition) is 3. The number of aromatic amines is 1. The molecular weight excluding hydrogens is 1000 g/mol. The summed E-state index contributed by atoms with van der Waals surface area (Å²) < 4.78 is 49.8. The lowest BCUT2D eigenvalue weighted by atomic mass is 10.0. The van der Waals surface area contributed by atoms with E-state index in [-0.39, 0.29) is 9.79 Å². The lowest BCUT2D eigenvalue weighted by molar-refractivity contribution is 0.596. The van der Waals surface area contributed by atoms with Crippen LogP contribution in [0.3, 0.4) is 0 Å². The number of rotatable bonds is 9. The van der Waals surface area contributed by atoms with Crippen molar-refractivity contribution in [2.24, 2.45) is 10.3 Å². The Morgan fingerprint density at radius 3 is 1.60 bits per heavy atom. The lowest BCUT2D eigenvalue weighted by Crippen LogP contribution is -2.11. The summed E-state index contributed by atoms with van der Waals surface area (Å²) in [4.78, 5) is 8.61. The van der Waals surface area contributed by atoms with Gasteiger partial charge in [-0.05, 0) is 88.7 Å². The Hall–Kier alpha value is -4.18. The molecule has 0 saturated carbocycles. The summed E-state index contributed by atoms with van der Waals surface area (Å²) >= 11 is 12.8. The number of thiazole rings is 2. The number of nitrogens with two attached hydrogens (primary N) is 2. The van der Waals surface area contributed by atoms with Gasteiger partial charge in [-0.2, -0.15) is 10.2 Å². The molecule has 0 atom stereocenters. The highest BCUT2D eigenvalue weighted by atomic mass is 79.9. The maximum Gasteiger partial charge on any atom is 0.238 e. The fraction of sp³-hybridized carbons (Fsp3) is 0.0526. The van der Waals surface area contributed by atoms with Crippen LogP contribution in [0, 0.1) is 0 Å². The van der Waals surface area contributed by atoms with Crippen LogP contribution in [0.15, 0.2) is 155 Å². The van der Waals surface area contributed by atoms with Crippen molar-refractivity contribution in [1.82, 2.24) is 29.9 Å². The molecule has 57 heavy (non-hydrogen) atoms. The monoisotopic (exact) mass is 1030 g/mol. The first-order chi connectivity index (χ1) is 27.2. The molecule has 0 bridgehead atoms. The molecule has 0 spiro atoms. The minimum atomic E-state index is -3.70. The molecule has 0 saturated heterocycles. The summed E-state index contributed by atoms with van der Waals surface area (Å²) in [5, 5.41) is 26.7. The third kappa shape index (κ3) is 11.9. The fourth-order valence-electron chi connectivity index (χ4n) is 5.39. The molecule has 0 unspecified atom stereocenters. The van der Waals surface area contributed by atoms with Crippen molar-refractivity contribution in [3.63, 3.8) is 0 Å². The van der Waals surface area contributed by atoms with E-state index < -0.39 is 20.0 Å². The van der Waals surface area contributed by atoms with E-state index >= 15 is 0 Å². The molecule has 4 aromatic carbocycles. The van der Waals surface area contributed by atoms with E-state index in [1.807, 2.05) is 77.6 Å². The minimum Gasteiger partial charge on any atom is -0.278 e. The lowest BCUT2D eigenvalue weighted by Gasteiger charge is -2.05. The van der Waals surface area contributed by atoms with Gasteiger partial charge >= 0.3 is 0 Å². The topological polar surface area (TPSA) is 193 Å². The molecule has 5 N–H and O–H groups in total. The van der Waals surface area contributed by atoms with Crippen molar-refractivity contribution in [2.45, 2.75) is 22.6 Å². The smallest absolute Gasteiger partial charge is 0.238 e. The molecule has 4 heterocycles. The van der Waals surface area contributed by atoms with Gasteiger partial charge in [0, 0.05) is 46.5 Å². The Bertz CT molecular complexity index is 2760. The van der Waals surface area contributed by atoms with Crippen molar-refractivity contribution in [2.75, 3.05) is 0 Å². The third-order valence-corrected chi connectivity index (χ3v) is 13.5. The zero-order valence-corrected chi connectivity index (χ0v) is 37.4. The van der Waals surface area contributed by atoms with E-state index in [9.17, 15) is 16.8 Å². The highest BCUT2D eigenvalue weighted by Crippen LogP contribution is 2.28. The maximum absolute atomic E-state index is 11.5. The summed E-state index contributed by atoms with van der Waals surface area (Å²) in [6.07, 6.45) is 5.00. The zero-order chi connectivity index (χ0) is 40.6. The van der Waals surface area contributed by atoms with E-state index in [1.165, 1.54) is 35.6 Å². The Morgan fingerprint density at radius 1 is 0.632 bits per heavy atom. The highest BCUT2D eigenvalue weighted by Gasteiger charge is 2.16. The van der Waals surface area contributed by atoms with E-state index in [1.54, 1.807) is 46.5 Å². The molecule has 292 valence electrons. The van der Waals surface area contributed by atoms with Crippen LogP contribution in [0.1, 0.15) is 22.3 Å². The molecule has 0 aliphatic rings. The van der Waals surface area contributed by atoms with E-state index in [4.69, 9.17) is 15.4 Å². The van der Waals surface area contributed by atoms with Crippen LogP contribution in [0.5, 0.6) is 0 Å². The van der Waals surface area contributed by atoms with E-state index in [2.05, 4.69) is 68.0 Å². The summed E-state index contributed by atoms with van der Waals surface area (Å²) in [5.74, 6) is 0. The van der Waals surface area contributed by atoms with Gasteiger partial charge in [-0.3, -0.25) is 5.10 Å². The third-order valence-electron chi connectivity index (χ3n) is 8.02. The van der Waals surface area contributed by atoms with Crippen molar-refractivity contribution >= 4 is 90.5 Å². The van der Waals surface area contributed by atoms with Crippen molar-refractivity contribution in [3.8, 4) is 27.6 Å². The largest absolute Gasteiger partial charge is 0.278 e.